The Labute approximate surface area is 198 Å². The Balaban J connectivity index is 1.40. The van der Waals surface area contributed by atoms with E-state index in [9.17, 15) is 4.79 Å². The number of carbonyl (C=O) groups is 1. The Bertz CT molecular complexity index is 1420. The minimum Gasteiger partial charge on any atom is -0.360 e. The molecule has 0 spiro atoms. The number of ketones is 1. The van der Waals surface area contributed by atoms with Gasteiger partial charge in [-0.05, 0) is 30.5 Å². The third-order valence-corrected chi connectivity index (χ3v) is 6.12. The van der Waals surface area contributed by atoms with Gasteiger partial charge in [-0.15, -0.1) is 5.10 Å². The lowest BCUT2D eigenvalue weighted by molar-refractivity contribution is 0.0945. The lowest BCUT2D eigenvalue weighted by atomic mass is 9.96. The first-order valence-corrected chi connectivity index (χ1v) is 11.4. The molecule has 0 aliphatic rings. The van der Waals surface area contributed by atoms with Crippen molar-refractivity contribution >= 4 is 16.7 Å². The van der Waals surface area contributed by atoms with Gasteiger partial charge in [0.05, 0.1) is 12.2 Å². The van der Waals surface area contributed by atoms with Crippen molar-refractivity contribution in [3.8, 4) is 11.3 Å². The molecular weight excluding hydrogens is 422 g/mol. The van der Waals surface area contributed by atoms with Gasteiger partial charge in [0.15, 0.2) is 5.78 Å². The van der Waals surface area contributed by atoms with Crippen molar-refractivity contribution in [2.75, 3.05) is 6.54 Å². The Morgan fingerprint density at radius 2 is 1.85 bits per heavy atom. The summed E-state index contributed by atoms with van der Waals surface area (Å²) in [6.45, 7) is 2.79. The Morgan fingerprint density at radius 3 is 2.59 bits per heavy atom. The van der Waals surface area contributed by atoms with Crippen LogP contribution in [-0.2, 0) is 13.5 Å². The molecule has 1 atom stereocenters. The highest BCUT2D eigenvalue weighted by atomic mass is 16.1. The third-order valence-electron chi connectivity index (χ3n) is 6.12. The van der Waals surface area contributed by atoms with Crippen molar-refractivity contribution in [1.82, 2.24) is 25.3 Å². The number of hydrogen-bond acceptors (Lipinski definition) is 4. The number of rotatable bonds is 8. The van der Waals surface area contributed by atoms with Crippen molar-refractivity contribution in [3.63, 3.8) is 0 Å². The molecule has 0 aliphatic carbocycles. The summed E-state index contributed by atoms with van der Waals surface area (Å²) < 4.78 is 1.68. The van der Waals surface area contributed by atoms with Crippen LogP contribution < -0.4 is 5.32 Å². The minimum atomic E-state index is -0.426. The van der Waals surface area contributed by atoms with E-state index in [0.717, 1.165) is 34.1 Å². The van der Waals surface area contributed by atoms with Crippen LogP contribution in [0.2, 0.25) is 0 Å². The first kappa shape index (κ1) is 21.8. The summed E-state index contributed by atoms with van der Waals surface area (Å²) >= 11 is 0. The molecule has 0 aliphatic heterocycles. The van der Waals surface area contributed by atoms with Crippen molar-refractivity contribution in [2.24, 2.45) is 7.05 Å². The molecule has 6 nitrogen and oxygen atoms in total. The van der Waals surface area contributed by atoms with Gasteiger partial charge in [-0.2, -0.15) is 0 Å². The van der Waals surface area contributed by atoms with Crippen molar-refractivity contribution in [2.45, 2.75) is 19.4 Å². The van der Waals surface area contributed by atoms with E-state index in [-0.39, 0.29) is 5.78 Å². The van der Waals surface area contributed by atoms with Crippen LogP contribution in [0.4, 0.5) is 0 Å². The summed E-state index contributed by atoms with van der Waals surface area (Å²) in [4.78, 5) is 17.0. The van der Waals surface area contributed by atoms with Crippen LogP contribution in [0.25, 0.3) is 22.2 Å². The number of aromatic amines is 1. The van der Waals surface area contributed by atoms with E-state index >= 15 is 0 Å². The van der Waals surface area contributed by atoms with Crippen LogP contribution in [0.5, 0.6) is 0 Å². The highest BCUT2D eigenvalue weighted by Gasteiger charge is 2.24. The van der Waals surface area contributed by atoms with Crippen LogP contribution in [0.15, 0.2) is 85.2 Å². The molecule has 0 saturated carbocycles. The molecule has 5 aromatic rings. The molecule has 0 fully saturated rings. The van der Waals surface area contributed by atoms with E-state index in [1.807, 2.05) is 68.0 Å². The van der Waals surface area contributed by atoms with Gasteiger partial charge in [-0.3, -0.25) is 9.48 Å². The number of fused-ring (bicyclic) bond motifs is 1. The number of nitrogens with one attached hydrogen (secondary N) is 2. The van der Waals surface area contributed by atoms with Crippen LogP contribution >= 0.6 is 0 Å². The topological polar surface area (TPSA) is 75.6 Å². The zero-order chi connectivity index (χ0) is 23.5. The highest BCUT2D eigenvalue weighted by Crippen LogP contribution is 2.28. The van der Waals surface area contributed by atoms with Gasteiger partial charge in [0.1, 0.15) is 5.69 Å². The maximum atomic E-state index is 13.8. The molecule has 2 aromatic heterocycles. The normalized spacial score (nSPS) is 12.2. The van der Waals surface area contributed by atoms with E-state index in [1.165, 1.54) is 11.1 Å². The van der Waals surface area contributed by atoms with Gasteiger partial charge >= 0.3 is 0 Å². The average molecular weight is 450 g/mol. The van der Waals surface area contributed by atoms with E-state index in [0.29, 0.717) is 12.1 Å². The molecular formula is C28H27N5O. The van der Waals surface area contributed by atoms with Crippen LogP contribution in [0.3, 0.4) is 0 Å². The zero-order valence-electron chi connectivity index (χ0n) is 19.3. The molecule has 0 bridgehead atoms. The van der Waals surface area contributed by atoms with Gasteiger partial charge in [0.2, 0.25) is 0 Å². The first-order chi connectivity index (χ1) is 16.6. The number of hydrogen-bond donors (Lipinski definition) is 2. The number of benzene rings is 3. The molecule has 34 heavy (non-hydrogen) atoms. The monoisotopic (exact) mass is 449 g/mol. The lowest BCUT2D eigenvalue weighted by Crippen LogP contribution is -2.30. The summed E-state index contributed by atoms with van der Waals surface area (Å²) in [6.07, 6.45) is 4.54. The van der Waals surface area contributed by atoms with Gasteiger partial charge in [0.25, 0.3) is 0 Å². The van der Waals surface area contributed by atoms with E-state index in [4.69, 9.17) is 0 Å². The van der Waals surface area contributed by atoms with E-state index in [2.05, 4.69) is 51.8 Å². The van der Waals surface area contributed by atoms with Gasteiger partial charge in [-0.25, -0.2) is 0 Å². The second-order valence-electron chi connectivity index (χ2n) is 8.64. The Morgan fingerprint density at radius 1 is 1.06 bits per heavy atom. The second kappa shape index (κ2) is 9.45. The molecule has 0 saturated heterocycles. The van der Waals surface area contributed by atoms with Gasteiger partial charge in [-0.1, -0.05) is 77.5 Å². The number of nitrogens with zero attached hydrogens (tertiary/aromatic N) is 3. The van der Waals surface area contributed by atoms with Crippen molar-refractivity contribution in [3.05, 3.63) is 107 Å². The first-order valence-electron chi connectivity index (χ1n) is 11.4. The standard InChI is InChI=1S/C28H27N5O/c1-19-8-10-20(11-9-19)14-15-29-27(21-6-4-3-5-7-21)28(34)24-17-30-25-16-22(12-13-23(24)25)26-18-33(2)32-31-26/h3-13,16-18,27,29-30H,14-15H2,1-2H3/t27-/m0/s1. The van der Waals surface area contributed by atoms with Crippen molar-refractivity contribution < 1.29 is 4.79 Å². The average Bonchev–Trinajstić information content (AvgIpc) is 3.49. The molecule has 0 unspecified atom stereocenters. The van der Waals surface area contributed by atoms with Crippen LogP contribution in [-0.4, -0.2) is 32.3 Å². The smallest absolute Gasteiger partial charge is 0.186 e. The third kappa shape index (κ3) is 4.54. The number of H-pyrrole nitrogens is 1. The number of carbonyl (C=O) groups excluding carboxylic acids is 1. The SMILES string of the molecule is Cc1ccc(CCN[C@H](C(=O)c2c[nH]c3cc(-c4cn(C)nn4)ccc23)c2ccccc2)cc1. The van der Waals surface area contributed by atoms with Crippen molar-refractivity contribution in [1.29, 1.82) is 0 Å². The number of aromatic nitrogens is 4. The lowest BCUT2D eigenvalue weighted by Gasteiger charge is -2.18. The van der Waals surface area contributed by atoms with Gasteiger partial charge in [0, 0.05) is 41.8 Å². The molecule has 6 heteroatoms. The summed E-state index contributed by atoms with van der Waals surface area (Å²) in [5.74, 6) is 0.0496. The zero-order valence-corrected chi connectivity index (χ0v) is 19.3. The Hall–Kier alpha value is -4.03. The number of Topliss-reactive ketones (excluding diaryl/α,β-unsaturated/α-hetero) is 1. The fourth-order valence-electron chi connectivity index (χ4n) is 4.25. The minimum absolute atomic E-state index is 0.0496. The summed E-state index contributed by atoms with van der Waals surface area (Å²) in [7, 11) is 1.84. The molecule has 170 valence electrons. The highest BCUT2D eigenvalue weighted by molar-refractivity contribution is 6.11. The molecule has 3 aromatic carbocycles. The molecule has 2 heterocycles. The van der Waals surface area contributed by atoms with Crippen LogP contribution in [0.1, 0.15) is 33.1 Å². The van der Waals surface area contributed by atoms with Crippen LogP contribution in [0, 0.1) is 6.92 Å². The summed E-state index contributed by atoms with van der Waals surface area (Å²) in [6, 6.07) is 24.0. The second-order valence-corrected chi connectivity index (χ2v) is 8.64. The fourth-order valence-corrected chi connectivity index (χ4v) is 4.25. The molecule has 0 radical (unpaired) electrons. The summed E-state index contributed by atoms with van der Waals surface area (Å²) in [5.41, 5.74) is 6.79. The maximum Gasteiger partial charge on any atom is 0.186 e. The fraction of sp³-hybridized carbons (Fsp3) is 0.179. The summed E-state index contributed by atoms with van der Waals surface area (Å²) in [5, 5.41) is 12.6. The number of aryl methyl sites for hydroxylation is 2. The largest absolute Gasteiger partial charge is 0.360 e. The van der Waals surface area contributed by atoms with Gasteiger partial charge < -0.3 is 10.3 Å². The van der Waals surface area contributed by atoms with E-state index < -0.39 is 6.04 Å². The molecule has 5 rings (SSSR count). The Kier molecular flexibility index (Phi) is 6.06. The predicted molar refractivity (Wildman–Crippen MR) is 135 cm³/mol. The molecule has 2 N–H and O–H groups in total. The van der Waals surface area contributed by atoms with E-state index in [1.54, 1.807) is 4.68 Å². The predicted octanol–water partition coefficient (Wildman–Crippen LogP) is 5.03. The maximum absolute atomic E-state index is 13.8. The molecule has 0 amide bonds. The quantitative estimate of drug-likeness (QED) is 0.326.